The fourth-order valence-corrected chi connectivity index (χ4v) is 10.8. The molecule has 0 amide bonds. The topological polar surface area (TPSA) is 105 Å². The molecule has 0 bridgehead atoms. The zero-order chi connectivity index (χ0) is 42.8. The van der Waals surface area contributed by atoms with Gasteiger partial charge in [-0.15, -0.1) is 0 Å². The van der Waals surface area contributed by atoms with Gasteiger partial charge in [-0.2, -0.15) is 0 Å². The van der Waals surface area contributed by atoms with Crippen LogP contribution in [-0.4, -0.2) is 50.3 Å². The van der Waals surface area contributed by atoms with Crippen molar-refractivity contribution < 1.29 is 38.1 Å². The predicted molar refractivity (Wildman–Crippen MR) is 233 cm³/mol. The number of allylic oxidation sites excluding steroid dienone is 2. The van der Waals surface area contributed by atoms with Gasteiger partial charge in [0.05, 0.1) is 26.4 Å². The van der Waals surface area contributed by atoms with Crippen molar-refractivity contribution in [1.82, 2.24) is 0 Å². The van der Waals surface area contributed by atoms with Crippen molar-refractivity contribution in [2.75, 3.05) is 26.4 Å². The van der Waals surface area contributed by atoms with E-state index in [1.54, 1.807) is 27.7 Å². The van der Waals surface area contributed by atoms with E-state index in [1.165, 1.54) is 51.4 Å². The first-order valence-corrected chi connectivity index (χ1v) is 23.9. The van der Waals surface area contributed by atoms with Crippen LogP contribution in [-0.2, 0) is 38.1 Å². The van der Waals surface area contributed by atoms with Crippen LogP contribution < -0.4 is 0 Å². The molecule has 0 saturated heterocycles. The van der Waals surface area contributed by atoms with Gasteiger partial charge in [-0.05, 0) is 137 Å². The summed E-state index contributed by atoms with van der Waals surface area (Å²) in [4.78, 5) is 56.0. The lowest BCUT2D eigenvalue weighted by Crippen LogP contribution is -2.46. The van der Waals surface area contributed by atoms with E-state index in [0.29, 0.717) is 23.7 Å². The molecule has 3 fully saturated rings. The molecule has 8 heteroatoms. The van der Waals surface area contributed by atoms with Crippen LogP contribution in [0.3, 0.4) is 0 Å². The molecule has 3 saturated carbocycles. The van der Waals surface area contributed by atoms with Gasteiger partial charge in [0.15, 0.2) is 0 Å². The van der Waals surface area contributed by atoms with Crippen LogP contribution in [0.4, 0.5) is 0 Å². The minimum absolute atomic E-state index is 0.0506. The molecule has 332 valence electrons. The maximum absolute atomic E-state index is 14.0. The van der Waals surface area contributed by atoms with Gasteiger partial charge in [-0.1, -0.05) is 119 Å². The van der Waals surface area contributed by atoms with Crippen LogP contribution in [0.5, 0.6) is 0 Å². The van der Waals surface area contributed by atoms with Crippen molar-refractivity contribution in [2.24, 2.45) is 59.2 Å². The van der Waals surface area contributed by atoms with Crippen molar-refractivity contribution in [3.63, 3.8) is 0 Å². The van der Waals surface area contributed by atoms with Gasteiger partial charge in [0.1, 0.15) is 11.1 Å². The van der Waals surface area contributed by atoms with E-state index < -0.39 is 23.9 Å². The van der Waals surface area contributed by atoms with Gasteiger partial charge in [-0.25, -0.2) is 19.2 Å². The molecule has 0 aromatic carbocycles. The molecule has 3 aliphatic rings. The smallest absolute Gasteiger partial charge is 0.345 e. The summed E-state index contributed by atoms with van der Waals surface area (Å²) in [7, 11) is 0. The zero-order valence-corrected chi connectivity index (χ0v) is 38.6. The van der Waals surface area contributed by atoms with Crippen LogP contribution >= 0.6 is 0 Å². The lowest BCUT2D eigenvalue weighted by Gasteiger charge is -2.53. The Bertz CT molecular complexity index is 1220. The second-order valence-corrected chi connectivity index (χ2v) is 19.0. The third kappa shape index (κ3) is 14.8. The van der Waals surface area contributed by atoms with E-state index in [2.05, 4.69) is 41.5 Å². The third-order valence-electron chi connectivity index (χ3n) is 13.6. The van der Waals surface area contributed by atoms with Crippen molar-refractivity contribution in [3.8, 4) is 0 Å². The second-order valence-electron chi connectivity index (χ2n) is 19.0. The van der Waals surface area contributed by atoms with Crippen molar-refractivity contribution in [1.29, 1.82) is 0 Å². The lowest BCUT2D eigenvalue weighted by atomic mass is 9.51. The van der Waals surface area contributed by atoms with E-state index in [9.17, 15) is 19.2 Å². The number of carbonyl (C=O) groups is 4. The van der Waals surface area contributed by atoms with Crippen molar-refractivity contribution >= 4 is 23.9 Å². The molecule has 0 spiro atoms. The van der Waals surface area contributed by atoms with Crippen LogP contribution in [0.25, 0.3) is 0 Å². The summed E-state index contributed by atoms with van der Waals surface area (Å²) < 4.78 is 22.6. The van der Waals surface area contributed by atoms with Gasteiger partial charge in [0, 0.05) is 0 Å². The number of rotatable bonds is 24. The standard InChI is InChI=1S/C50H84O8/c1-11-55-47(51)45(48(52)56-12-2)43-39-29-27-38(26-18-24-36(10)22-16-20-34(7)8)32-42(39)44(46(49(53)57-13-3)50(54)58-14-4)40-30-28-37(31-41(40)43)25-17-23-35(9)21-15-19-33(5)6/h33-42H,11-32H2,1-10H3. The van der Waals surface area contributed by atoms with Crippen molar-refractivity contribution in [2.45, 2.75) is 185 Å². The summed E-state index contributed by atoms with van der Waals surface area (Å²) in [5, 5.41) is 0. The number of hydrogen-bond donors (Lipinski definition) is 0. The van der Waals surface area contributed by atoms with E-state index in [0.717, 1.165) is 87.2 Å². The van der Waals surface area contributed by atoms with Gasteiger partial charge < -0.3 is 18.9 Å². The average Bonchev–Trinajstić information content (AvgIpc) is 3.16. The molecule has 8 nitrogen and oxygen atoms in total. The molecule has 58 heavy (non-hydrogen) atoms. The molecule has 3 rings (SSSR count). The molecule has 0 aliphatic heterocycles. The highest BCUT2D eigenvalue weighted by molar-refractivity contribution is 6.16. The fraction of sp³-hybridized carbons (Fsp3) is 0.840. The molecule has 0 heterocycles. The molecule has 3 aliphatic carbocycles. The first-order chi connectivity index (χ1) is 27.8. The largest absolute Gasteiger partial charge is 0.462 e. The SMILES string of the molecule is CCOC(=O)C(C(=O)OCC)=C1C2CCC(CCCC(C)CCCC(C)C)CC2C(=C(C(=O)OCC)C(=O)OCC)C2CCC(CCCC(C)CCCC(C)C)CC12. The Balaban J connectivity index is 2.10. The highest BCUT2D eigenvalue weighted by Crippen LogP contribution is 2.59. The minimum Gasteiger partial charge on any atom is -0.462 e. The quantitative estimate of drug-likeness (QED) is 0.0312. The number of esters is 4. The maximum Gasteiger partial charge on any atom is 0.345 e. The number of fused-ring (bicyclic) bond motifs is 2. The highest BCUT2D eigenvalue weighted by atomic mass is 16.6. The number of carbonyl (C=O) groups excluding carboxylic acids is 4. The van der Waals surface area contributed by atoms with Gasteiger partial charge in [-0.3, -0.25) is 0 Å². The first-order valence-electron chi connectivity index (χ1n) is 23.9. The van der Waals surface area contributed by atoms with Crippen LogP contribution in [0.1, 0.15) is 185 Å². The third-order valence-corrected chi connectivity index (χ3v) is 13.6. The van der Waals surface area contributed by atoms with E-state index in [4.69, 9.17) is 18.9 Å². The van der Waals surface area contributed by atoms with Crippen molar-refractivity contribution in [3.05, 3.63) is 22.3 Å². The zero-order valence-electron chi connectivity index (χ0n) is 38.6. The van der Waals surface area contributed by atoms with E-state index in [-0.39, 0.29) is 61.2 Å². The lowest BCUT2D eigenvalue weighted by molar-refractivity contribution is -0.149. The molecule has 8 atom stereocenters. The first kappa shape index (κ1) is 49.7. The summed E-state index contributed by atoms with van der Waals surface area (Å²) >= 11 is 0. The molecule has 0 aromatic heterocycles. The van der Waals surface area contributed by atoms with Crippen LogP contribution in [0, 0.1) is 59.2 Å². The maximum atomic E-state index is 14.0. The Morgan fingerprint density at radius 2 is 0.759 bits per heavy atom. The highest BCUT2D eigenvalue weighted by Gasteiger charge is 2.53. The van der Waals surface area contributed by atoms with E-state index in [1.807, 2.05) is 0 Å². The van der Waals surface area contributed by atoms with Crippen LogP contribution in [0.2, 0.25) is 0 Å². The Labute approximate surface area is 353 Å². The minimum atomic E-state index is -0.622. The summed E-state index contributed by atoms with van der Waals surface area (Å²) in [5.74, 6) is 0.303. The Hall–Kier alpha value is -2.64. The summed E-state index contributed by atoms with van der Waals surface area (Å²) in [6, 6.07) is 0. The molecular formula is C50H84O8. The average molecular weight is 813 g/mol. The molecule has 0 aromatic rings. The van der Waals surface area contributed by atoms with Gasteiger partial charge in [0.25, 0.3) is 0 Å². The number of ether oxygens (including phenoxy) is 4. The molecule has 8 unspecified atom stereocenters. The summed E-state index contributed by atoms with van der Waals surface area (Å²) in [5.41, 5.74) is 1.81. The normalized spacial score (nSPS) is 24.1. The number of hydrogen-bond acceptors (Lipinski definition) is 8. The van der Waals surface area contributed by atoms with Crippen LogP contribution in [0.15, 0.2) is 22.3 Å². The molecule has 0 radical (unpaired) electrons. The Morgan fingerprint density at radius 1 is 0.448 bits per heavy atom. The molecule has 0 N–H and O–H groups in total. The van der Waals surface area contributed by atoms with Gasteiger partial charge >= 0.3 is 23.9 Å². The van der Waals surface area contributed by atoms with Gasteiger partial charge in [0.2, 0.25) is 0 Å². The predicted octanol–water partition coefficient (Wildman–Crippen LogP) is 12.2. The molecular weight excluding hydrogens is 729 g/mol. The summed E-state index contributed by atoms with van der Waals surface area (Å²) in [6.45, 7) is 21.6. The second kappa shape index (κ2) is 25.9. The fourth-order valence-electron chi connectivity index (χ4n) is 10.8. The van der Waals surface area contributed by atoms with E-state index >= 15 is 0 Å². The Morgan fingerprint density at radius 3 is 1.05 bits per heavy atom. The summed E-state index contributed by atoms with van der Waals surface area (Å²) in [6.07, 6.45) is 19.4. The Kier molecular flexibility index (Phi) is 22.2. The monoisotopic (exact) mass is 813 g/mol.